The molecule has 0 unspecified atom stereocenters. The molecule has 10 heteroatoms. The van der Waals surface area contributed by atoms with Crippen LogP contribution in [0.4, 0.5) is 5.69 Å². The summed E-state index contributed by atoms with van der Waals surface area (Å²) in [6.45, 7) is 3.56. The van der Waals surface area contributed by atoms with E-state index in [9.17, 15) is 13.2 Å². The highest BCUT2D eigenvalue weighted by atomic mass is 32.2. The fourth-order valence-corrected chi connectivity index (χ4v) is 4.66. The van der Waals surface area contributed by atoms with E-state index in [2.05, 4.69) is 15.2 Å². The number of hydrogen-bond acceptors (Lipinski definition) is 7. The van der Waals surface area contributed by atoms with E-state index in [1.165, 1.54) is 43.8 Å². The third kappa shape index (κ3) is 5.27. The summed E-state index contributed by atoms with van der Waals surface area (Å²) in [4.78, 5) is 15.2. The molecule has 168 valence electrons. The van der Waals surface area contributed by atoms with Crippen LogP contribution in [0.3, 0.4) is 0 Å². The number of ether oxygens (including phenoxy) is 2. The molecule has 32 heavy (non-hydrogen) atoms. The number of benzene rings is 2. The van der Waals surface area contributed by atoms with Gasteiger partial charge in [-0.15, -0.1) is 11.3 Å². The number of anilines is 1. The smallest absolute Gasteiger partial charge is 0.280 e. The molecule has 0 aliphatic carbocycles. The molecule has 0 atom stereocenters. The van der Waals surface area contributed by atoms with E-state index in [0.29, 0.717) is 27.6 Å². The maximum Gasteiger partial charge on any atom is 0.280 e. The average Bonchev–Trinajstić information content (AvgIpc) is 3.23. The molecule has 0 aliphatic rings. The summed E-state index contributed by atoms with van der Waals surface area (Å²) >= 11 is 1.38. The Hall–Kier alpha value is -3.37. The van der Waals surface area contributed by atoms with E-state index in [1.54, 1.807) is 31.2 Å². The summed E-state index contributed by atoms with van der Waals surface area (Å²) in [5, 5.41) is 8.73. The molecule has 3 aromatic rings. The first-order valence-corrected chi connectivity index (χ1v) is 11.9. The molecule has 1 amide bonds. The summed E-state index contributed by atoms with van der Waals surface area (Å²) in [5.41, 5.74) is 2.70. The molecular formula is C22H23N3O5S2. The highest BCUT2D eigenvalue weighted by molar-refractivity contribution is 7.89. The van der Waals surface area contributed by atoms with Crippen LogP contribution in [-0.2, 0) is 10.0 Å². The quantitative estimate of drug-likeness (QED) is 0.380. The second-order valence-corrected chi connectivity index (χ2v) is 9.32. The van der Waals surface area contributed by atoms with Crippen LogP contribution in [0.25, 0.3) is 0 Å². The molecule has 0 radical (unpaired) electrons. The van der Waals surface area contributed by atoms with Crippen molar-refractivity contribution in [2.75, 3.05) is 19.5 Å². The van der Waals surface area contributed by atoms with Gasteiger partial charge in [-0.1, -0.05) is 12.1 Å². The van der Waals surface area contributed by atoms with E-state index >= 15 is 0 Å². The first kappa shape index (κ1) is 23.3. The molecule has 0 bridgehead atoms. The molecule has 8 nitrogen and oxygen atoms in total. The fourth-order valence-electron chi connectivity index (χ4n) is 2.83. The van der Waals surface area contributed by atoms with Gasteiger partial charge < -0.3 is 14.8 Å². The number of hydrazone groups is 1. The van der Waals surface area contributed by atoms with Crippen molar-refractivity contribution in [2.24, 2.45) is 5.10 Å². The minimum atomic E-state index is -3.96. The molecule has 2 aromatic carbocycles. The summed E-state index contributed by atoms with van der Waals surface area (Å²) < 4.78 is 35.6. The van der Waals surface area contributed by atoms with Crippen LogP contribution in [0.5, 0.6) is 11.5 Å². The highest BCUT2D eigenvalue weighted by Gasteiger charge is 2.20. The first-order chi connectivity index (χ1) is 15.2. The number of hydrogen-bond donors (Lipinski definition) is 2. The van der Waals surface area contributed by atoms with Crippen molar-refractivity contribution in [3.63, 3.8) is 0 Å². The Morgan fingerprint density at radius 2 is 1.75 bits per heavy atom. The standard InChI is InChI=1S/C22H23N3O5S2/c1-14-11-12-31-21(14)22(26)23-17-7-5-16(6-8-17)15(2)24-25-32(27,28)20-10-9-18(29-3)13-19(20)30-4/h5-13,25H,1-4H3,(H,23,26). The number of nitrogens with one attached hydrogen (secondary N) is 2. The molecule has 0 aliphatic heterocycles. The van der Waals surface area contributed by atoms with Crippen molar-refractivity contribution in [1.82, 2.24) is 4.83 Å². The largest absolute Gasteiger partial charge is 0.497 e. The molecule has 0 saturated carbocycles. The number of aryl methyl sites for hydroxylation is 1. The van der Waals surface area contributed by atoms with Gasteiger partial charge in [0.2, 0.25) is 0 Å². The van der Waals surface area contributed by atoms with Gasteiger partial charge >= 0.3 is 0 Å². The number of rotatable bonds is 8. The Morgan fingerprint density at radius 1 is 1.03 bits per heavy atom. The third-order valence-electron chi connectivity index (χ3n) is 4.62. The van der Waals surface area contributed by atoms with Crippen molar-refractivity contribution >= 4 is 38.7 Å². The molecule has 1 heterocycles. The van der Waals surface area contributed by atoms with Gasteiger partial charge in [0.15, 0.2) is 0 Å². The van der Waals surface area contributed by atoms with E-state index in [-0.39, 0.29) is 16.6 Å². The lowest BCUT2D eigenvalue weighted by Crippen LogP contribution is -2.20. The number of methoxy groups -OCH3 is 2. The topological polar surface area (TPSA) is 106 Å². The number of nitrogens with zero attached hydrogens (tertiary/aromatic N) is 1. The van der Waals surface area contributed by atoms with Crippen LogP contribution in [0.15, 0.2) is 63.9 Å². The average molecular weight is 474 g/mol. The predicted molar refractivity (Wildman–Crippen MR) is 126 cm³/mol. The summed E-state index contributed by atoms with van der Waals surface area (Å²) in [6.07, 6.45) is 0. The molecule has 2 N–H and O–H groups in total. The second-order valence-electron chi connectivity index (χ2n) is 6.77. The van der Waals surface area contributed by atoms with Gasteiger partial charge in [0, 0.05) is 11.8 Å². The van der Waals surface area contributed by atoms with E-state index in [4.69, 9.17) is 9.47 Å². The maximum absolute atomic E-state index is 12.7. The molecule has 0 fully saturated rings. The highest BCUT2D eigenvalue weighted by Crippen LogP contribution is 2.28. The van der Waals surface area contributed by atoms with Crippen molar-refractivity contribution in [2.45, 2.75) is 18.7 Å². The minimum Gasteiger partial charge on any atom is -0.497 e. The third-order valence-corrected chi connectivity index (χ3v) is 6.89. The Bertz CT molecular complexity index is 1250. The lowest BCUT2D eigenvalue weighted by molar-refractivity contribution is 0.103. The van der Waals surface area contributed by atoms with Crippen molar-refractivity contribution in [3.05, 3.63) is 69.9 Å². The van der Waals surface area contributed by atoms with Gasteiger partial charge in [0.05, 0.1) is 24.8 Å². The van der Waals surface area contributed by atoms with Crippen LogP contribution in [0.2, 0.25) is 0 Å². The monoisotopic (exact) mass is 473 g/mol. The van der Waals surface area contributed by atoms with Crippen LogP contribution >= 0.6 is 11.3 Å². The Kier molecular flexibility index (Phi) is 7.16. The van der Waals surface area contributed by atoms with Crippen molar-refractivity contribution in [3.8, 4) is 11.5 Å². The van der Waals surface area contributed by atoms with Gasteiger partial charge in [-0.05, 0) is 60.7 Å². The Morgan fingerprint density at radius 3 is 2.34 bits per heavy atom. The zero-order valence-corrected chi connectivity index (χ0v) is 19.6. The number of carbonyl (C=O) groups is 1. The molecule has 0 spiro atoms. The summed E-state index contributed by atoms with van der Waals surface area (Å²) in [5.74, 6) is 0.449. The van der Waals surface area contributed by atoms with E-state index in [1.807, 2.05) is 18.4 Å². The maximum atomic E-state index is 12.7. The fraction of sp³-hybridized carbons (Fsp3) is 0.182. The lowest BCUT2D eigenvalue weighted by Gasteiger charge is -2.11. The van der Waals surface area contributed by atoms with Gasteiger partial charge in [-0.3, -0.25) is 4.79 Å². The van der Waals surface area contributed by atoms with Crippen molar-refractivity contribution < 1.29 is 22.7 Å². The Balaban J connectivity index is 1.72. The number of thiophene rings is 1. The van der Waals surface area contributed by atoms with E-state index < -0.39 is 10.0 Å². The summed E-state index contributed by atoms with van der Waals surface area (Å²) in [6, 6.07) is 13.2. The molecule has 0 saturated heterocycles. The summed E-state index contributed by atoms with van der Waals surface area (Å²) in [7, 11) is -1.10. The van der Waals surface area contributed by atoms with E-state index in [0.717, 1.165) is 5.56 Å². The predicted octanol–water partition coefficient (Wildman–Crippen LogP) is 4.03. The normalized spacial score (nSPS) is 11.7. The minimum absolute atomic E-state index is 0.0562. The Labute approximate surface area is 190 Å². The zero-order valence-electron chi connectivity index (χ0n) is 18.0. The molecule has 3 rings (SSSR count). The van der Waals surface area contributed by atoms with Crippen LogP contribution in [0, 0.1) is 6.92 Å². The van der Waals surface area contributed by atoms with Crippen molar-refractivity contribution in [1.29, 1.82) is 0 Å². The molecular weight excluding hydrogens is 450 g/mol. The number of sulfonamides is 1. The van der Waals surface area contributed by atoms with Crippen LogP contribution in [-0.4, -0.2) is 34.3 Å². The number of amides is 1. The van der Waals surface area contributed by atoms with Gasteiger partial charge in [-0.25, -0.2) is 0 Å². The van der Waals surface area contributed by atoms with Gasteiger partial charge in [0.25, 0.3) is 15.9 Å². The lowest BCUT2D eigenvalue weighted by atomic mass is 10.1. The molecule has 1 aromatic heterocycles. The van der Waals surface area contributed by atoms with Gasteiger partial charge in [-0.2, -0.15) is 18.4 Å². The van der Waals surface area contributed by atoms with Crippen LogP contribution < -0.4 is 19.6 Å². The van der Waals surface area contributed by atoms with Gasteiger partial charge in [0.1, 0.15) is 16.4 Å². The van der Waals surface area contributed by atoms with Crippen LogP contribution in [0.1, 0.15) is 27.7 Å². The SMILES string of the molecule is COc1ccc(S(=O)(=O)NN=C(C)c2ccc(NC(=O)c3sccc3C)cc2)c(OC)c1. The first-order valence-electron chi connectivity index (χ1n) is 9.49. The second kappa shape index (κ2) is 9.84. The number of carbonyl (C=O) groups excluding carboxylic acids is 1. The zero-order chi connectivity index (χ0) is 23.3.